The maximum atomic E-state index is 6.06. The van der Waals surface area contributed by atoms with Crippen LogP contribution in [-0.2, 0) is 0 Å². The molecule has 1 atom stereocenters. The van der Waals surface area contributed by atoms with Gasteiger partial charge in [0.05, 0.1) is 6.04 Å². The molecule has 1 aliphatic heterocycles. The van der Waals surface area contributed by atoms with Gasteiger partial charge in [-0.05, 0) is 51.2 Å². The lowest BCUT2D eigenvalue weighted by Crippen LogP contribution is -2.42. The average Bonchev–Trinajstić information content (AvgIpc) is 2.48. The predicted molar refractivity (Wildman–Crippen MR) is 99.0 cm³/mol. The van der Waals surface area contributed by atoms with Crippen LogP contribution in [-0.4, -0.2) is 10.7 Å². The van der Waals surface area contributed by atoms with E-state index in [-0.39, 0.29) is 11.6 Å². The Balaban J connectivity index is 1.74. The Morgan fingerprint density at radius 1 is 1.13 bits per heavy atom. The van der Waals surface area contributed by atoms with Gasteiger partial charge >= 0.3 is 0 Å². The lowest BCUT2D eigenvalue weighted by molar-refractivity contribution is 0.0697. The molecule has 3 rings (SSSR count). The van der Waals surface area contributed by atoms with E-state index in [4.69, 9.17) is 17.0 Å². The van der Waals surface area contributed by atoms with Crippen molar-refractivity contribution < 1.29 is 4.74 Å². The van der Waals surface area contributed by atoms with Gasteiger partial charge in [-0.1, -0.05) is 35.9 Å². The molecule has 23 heavy (non-hydrogen) atoms. The molecule has 3 nitrogen and oxygen atoms in total. The first-order valence-corrected chi connectivity index (χ1v) is 8.26. The Kier molecular flexibility index (Phi) is 4.26. The van der Waals surface area contributed by atoms with E-state index in [0.717, 1.165) is 23.4 Å². The molecular formula is C19H22N2OS. The highest BCUT2D eigenvalue weighted by Gasteiger charge is 2.33. The van der Waals surface area contributed by atoms with Crippen molar-refractivity contribution in [3.8, 4) is 5.75 Å². The Labute approximate surface area is 143 Å². The van der Waals surface area contributed by atoms with Gasteiger partial charge in [0.2, 0.25) is 0 Å². The standard InChI is InChI=1S/C19H22N2OS/c1-13-8-10-14(11-9-13)20-18(23)21-16-12-19(2,3)22-17-7-5-4-6-15(16)17/h4-11,16H,12H2,1-3H3,(H2,20,21,23). The number of rotatable bonds is 2. The minimum absolute atomic E-state index is 0.139. The molecular weight excluding hydrogens is 304 g/mol. The molecule has 0 radical (unpaired) electrons. The summed E-state index contributed by atoms with van der Waals surface area (Å²) in [5.41, 5.74) is 3.16. The van der Waals surface area contributed by atoms with Crippen LogP contribution in [0.2, 0.25) is 0 Å². The fourth-order valence-electron chi connectivity index (χ4n) is 2.89. The summed E-state index contributed by atoms with van der Waals surface area (Å²) in [6.45, 7) is 6.28. The second kappa shape index (κ2) is 6.20. The summed E-state index contributed by atoms with van der Waals surface area (Å²) in [6, 6.07) is 16.5. The summed E-state index contributed by atoms with van der Waals surface area (Å²) in [7, 11) is 0. The van der Waals surface area contributed by atoms with Crippen molar-refractivity contribution in [3.63, 3.8) is 0 Å². The Morgan fingerprint density at radius 2 is 1.83 bits per heavy atom. The molecule has 1 heterocycles. The summed E-state index contributed by atoms with van der Waals surface area (Å²) >= 11 is 5.49. The fraction of sp³-hybridized carbons (Fsp3) is 0.316. The average molecular weight is 326 g/mol. The summed E-state index contributed by atoms with van der Waals surface area (Å²) in [6.07, 6.45) is 0.861. The Bertz CT molecular complexity index is 710. The number of thiocarbonyl (C=S) groups is 1. The van der Waals surface area contributed by atoms with Crippen molar-refractivity contribution in [2.45, 2.75) is 38.8 Å². The highest BCUT2D eigenvalue weighted by molar-refractivity contribution is 7.80. The van der Waals surface area contributed by atoms with Crippen molar-refractivity contribution in [3.05, 3.63) is 59.7 Å². The van der Waals surface area contributed by atoms with E-state index in [1.54, 1.807) is 0 Å². The van der Waals surface area contributed by atoms with Gasteiger partial charge in [0, 0.05) is 17.7 Å². The van der Waals surface area contributed by atoms with Crippen molar-refractivity contribution >= 4 is 23.0 Å². The maximum Gasteiger partial charge on any atom is 0.171 e. The van der Waals surface area contributed by atoms with Gasteiger partial charge in [-0.2, -0.15) is 0 Å². The van der Waals surface area contributed by atoms with Gasteiger partial charge in [-0.25, -0.2) is 0 Å². The van der Waals surface area contributed by atoms with E-state index < -0.39 is 0 Å². The molecule has 1 aliphatic rings. The first kappa shape index (κ1) is 15.8. The lowest BCUT2D eigenvalue weighted by Gasteiger charge is -2.38. The number of anilines is 1. The molecule has 0 aromatic heterocycles. The van der Waals surface area contributed by atoms with Gasteiger partial charge in [0.1, 0.15) is 11.4 Å². The number of hydrogen-bond donors (Lipinski definition) is 2. The molecule has 0 saturated heterocycles. The van der Waals surface area contributed by atoms with E-state index in [1.807, 2.05) is 30.3 Å². The maximum absolute atomic E-state index is 6.06. The zero-order chi connectivity index (χ0) is 16.4. The van der Waals surface area contributed by atoms with Crippen LogP contribution < -0.4 is 15.4 Å². The molecule has 0 spiro atoms. The van der Waals surface area contributed by atoms with E-state index in [9.17, 15) is 0 Å². The van der Waals surface area contributed by atoms with Crippen LogP contribution in [0.5, 0.6) is 5.75 Å². The van der Waals surface area contributed by atoms with Crippen LogP contribution in [0, 0.1) is 6.92 Å². The quantitative estimate of drug-likeness (QED) is 0.791. The van der Waals surface area contributed by atoms with Crippen LogP contribution in [0.3, 0.4) is 0 Å². The van der Waals surface area contributed by atoms with Crippen molar-refractivity contribution in [1.29, 1.82) is 0 Å². The van der Waals surface area contributed by atoms with Crippen LogP contribution >= 0.6 is 12.2 Å². The number of aryl methyl sites for hydroxylation is 1. The van der Waals surface area contributed by atoms with Gasteiger partial charge in [0.25, 0.3) is 0 Å². The van der Waals surface area contributed by atoms with E-state index in [0.29, 0.717) is 5.11 Å². The second-order valence-corrected chi connectivity index (χ2v) is 7.03. The smallest absolute Gasteiger partial charge is 0.171 e. The van der Waals surface area contributed by atoms with Gasteiger partial charge < -0.3 is 15.4 Å². The second-order valence-electron chi connectivity index (χ2n) is 6.62. The fourth-order valence-corrected chi connectivity index (χ4v) is 3.15. The van der Waals surface area contributed by atoms with E-state index in [1.165, 1.54) is 5.56 Å². The normalized spacial score (nSPS) is 18.5. The molecule has 2 N–H and O–H groups in total. The molecule has 0 bridgehead atoms. The number of benzene rings is 2. The van der Waals surface area contributed by atoms with E-state index in [2.05, 4.69) is 49.6 Å². The van der Waals surface area contributed by atoms with Crippen LogP contribution in [0.1, 0.15) is 37.4 Å². The van der Waals surface area contributed by atoms with Crippen molar-refractivity contribution in [2.75, 3.05) is 5.32 Å². The molecule has 4 heteroatoms. The number of hydrogen-bond acceptors (Lipinski definition) is 2. The summed E-state index contributed by atoms with van der Waals surface area (Å²) in [4.78, 5) is 0. The zero-order valence-corrected chi connectivity index (χ0v) is 14.5. The van der Waals surface area contributed by atoms with Crippen LogP contribution in [0.25, 0.3) is 0 Å². The molecule has 0 saturated carbocycles. The third-order valence-electron chi connectivity index (χ3n) is 3.99. The van der Waals surface area contributed by atoms with Crippen molar-refractivity contribution in [1.82, 2.24) is 5.32 Å². The largest absolute Gasteiger partial charge is 0.487 e. The molecule has 2 aromatic carbocycles. The summed E-state index contributed by atoms with van der Waals surface area (Å²) < 4.78 is 6.06. The van der Waals surface area contributed by atoms with Crippen LogP contribution in [0.4, 0.5) is 5.69 Å². The highest BCUT2D eigenvalue weighted by atomic mass is 32.1. The number of ether oxygens (including phenoxy) is 1. The van der Waals surface area contributed by atoms with Crippen LogP contribution in [0.15, 0.2) is 48.5 Å². The minimum Gasteiger partial charge on any atom is -0.487 e. The molecule has 2 aromatic rings. The molecule has 120 valence electrons. The number of fused-ring (bicyclic) bond motifs is 1. The highest BCUT2D eigenvalue weighted by Crippen LogP contribution is 2.39. The molecule has 0 fully saturated rings. The molecule has 1 unspecified atom stereocenters. The molecule has 0 amide bonds. The number of para-hydroxylation sites is 1. The first-order valence-electron chi connectivity index (χ1n) is 7.85. The third-order valence-corrected chi connectivity index (χ3v) is 4.21. The zero-order valence-electron chi connectivity index (χ0n) is 13.7. The topological polar surface area (TPSA) is 33.3 Å². The Hall–Kier alpha value is -2.07. The van der Waals surface area contributed by atoms with Gasteiger partial charge in [-0.3, -0.25) is 0 Å². The monoisotopic (exact) mass is 326 g/mol. The lowest BCUT2D eigenvalue weighted by atomic mass is 9.90. The minimum atomic E-state index is -0.217. The van der Waals surface area contributed by atoms with Gasteiger partial charge in [-0.15, -0.1) is 0 Å². The first-order chi connectivity index (χ1) is 10.9. The SMILES string of the molecule is Cc1ccc(NC(=S)NC2CC(C)(C)Oc3ccccc32)cc1. The van der Waals surface area contributed by atoms with E-state index >= 15 is 0 Å². The number of nitrogens with one attached hydrogen (secondary N) is 2. The summed E-state index contributed by atoms with van der Waals surface area (Å²) in [5.74, 6) is 0.930. The molecule has 0 aliphatic carbocycles. The Morgan fingerprint density at radius 3 is 2.57 bits per heavy atom. The predicted octanol–water partition coefficient (Wildman–Crippen LogP) is 4.58. The summed E-state index contributed by atoms with van der Waals surface area (Å²) in [5, 5.41) is 7.32. The van der Waals surface area contributed by atoms with Gasteiger partial charge in [0.15, 0.2) is 5.11 Å². The van der Waals surface area contributed by atoms with Crippen molar-refractivity contribution in [2.24, 2.45) is 0 Å². The third kappa shape index (κ3) is 3.82.